The standard InChI is InChI=1S/C9H8N2.C8H16O2.C2H4O.CH5N/c10-9-5-7-3-1-2-4-8(7)6-11-9;1-4-5-8(2,3)6-7(9)10;1-2-3;1-2/h1-6H,(H2,10,11);4-6H2,1-3H3,(H,9,10);2H,1H3;2H2,1H3. The van der Waals surface area contributed by atoms with Gasteiger partial charge in [0, 0.05) is 11.6 Å². The highest BCUT2D eigenvalue weighted by atomic mass is 16.4. The molecule has 0 amide bonds. The normalized spacial score (nSPS) is 9.46. The Bertz CT molecular complexity index is 643. The van der Waals surface area contributed by atoms with Crippen molar-refractivity contribution in [3.63, 3.8) is 0 Å². The summed E-state index contributed by atoms with van der Waals surface area (Å²) in [4.78, 5) is 23.1. The molecule has 2 rings (SSSR count). The second-order valence-corrected chi connectivity index (χ2v) is 6.18. The number of hydrogen-bond donors (Lipinski definition) is 3. The van der Waals surface area contributed by atoms with Gasteiger partial charge >= 0.3 is 5.97 Å². The van der Waals surface area contributed by atoms with E-state index in [1.165, 1.54) is 14.0 Å². The van der Waals surface area contributed by atoms with E-state index in [0.717, 1.165) is 29.9 Å². The molecule has 0 aliphatic rings. The van der Waals surface area contributed by atoms with E-state index in [1.807, 2.05) is 44.2 Å². The van der Waals surface area contributed by atoms with E-state index < -0.39 is 5.97 Å². The third kappa shape index (κ3) is 12.9. The predicted molar refractivity (Wildman–Crippen MR) is 109 cm³/mol. The summed E-state index contributed by atoms with van der Waals surface area (Å²) in [5, 5.41) is 10.7. The van der Waals surface area contributed by atoms with Crippen LogP contribution in [0.15, 0.2) is 36.5 Å². The lowest BCUT2D eigenvalue weighted by atomic mass is 9.85. The molecule has 0 saturated heterocycles. The fourth-order valence-corrected chi connectivity index (χ4v) is 2.28. The number of nitrogens with zero attached hydrogens (tertiary/aromatic N) is 1. The van der Waals surface area contributed by atoms with E-state index >= 15 is 0 Å². The van der Waals surface area contributed by atoms with Gasteiger partial charge in [-0.15, -0.1) is 0 Å². The maximum absolute atomic E-state index is 10.3. The summed E-state index contributed by atoms with van der Waals surface area (Å²) in [6.45, 7) is 7.50. The lowest BCUT2D eigenvalue weighted by Crippen LogP contribution is -2.16. The van der Waals surface area contributed by atoms with Crippen molar-refractivity contribution >= 4 is 28.8 Å². The van der Waals surface area contributed by atoms with Crippen LogP contribution < -0.4 is 11.5 Å². The number of nitrogen functional groups attached to an aromatic ring is 1. The first-order valence-corrected chi connectivity index (χ1v) is 8.55. The Morgan fingerprint density at radius 2 is 1.73 bits per heavy atom. The zero-order valence-corrected chi connectivity index (χ0v) is 16.5. The number of carbonyl (C=O) groups excluding carboxylic acids is 1. The maximum Gasteiger partial charge on any atom is 0.303 e. The third-order valence-corrected chi connectivity index (χ3v) is 3.21. The van der Waals surface area contributed by atoms with Gasteiger partial charge in [0.1, 0.15) is 12.1 Å². The Morgan fingerprint density at radius 3 is 2.19 bits per heavy atom. The number of pyridine rings is 1. The van der Waals surface area contributed by atoms with Crippen LogP contribution in [0.4, 0.5) is 5.82 Å². The van der Waals surface area contributed by atoms with Crippen LogP contribution in [0.2, 0.25) is 0 Å². The molecule has 26 heavy (non-hydrogen) atoms. The molecule has 1 aromatic carbocycles. The summed E-state index contributed by atoms with van der Waals surface area (Å²) < 4.78 is 0. The lowest BCUT2D eigenvalue weighted by molar-refractivity contribution is -0.139. The second-order valence-electron chi connectivity index (χ2n) is 6.18. The molecule has 0 bridgehead atoms. The molecule has 0 aliphatic carbocycles. The van der Waals surface area contributed by atoms with Gasteiger partial charge in [-0.05, 0) is 37.3 Å². The van der Waals surface area contributed by atoms with Gasteiger partial charge in [0.25, 0.3) is 0 Å². The largest absolute Gasteiger partial charge is 0.481 e. The Morgan fingerprint density at radius 1 is 1.23 bits per heavy atom. The summed E-state index contributed by atoms with van der Waals surface area (Å²) in [5.74, 6) is -0.123. The van der Waals surface area contributed by atoms with Crippen LogP contribution in [0.5, 0.6) is 0 Å². The Balaban J connectivity index is 0. The highest BCUT2D eigenvalue weighted by Crippen LogP contribution is 2.25. The molecule has 0 unspecified atom stereocenters. The molecule has 6 heteroatoms. The fourth-order valence-electron chi connectivity index (χ4n) is 2.28. The number of aliphatic carboxylic acids is 1. The van der Waals surface area contributed by atoms with E-state index in [9.17, 15) is 4.79 Å². The molecular formula is C20H33N3O3. The van der Waals surface area contributed by atoms with Crippen molar-refractivity contribution in [2.45, 2.75) is 47.0 Å². The SMILES string of the molecule is CC=O.CCCC(C)(C)CC(=O)O.CN.Nc1cc2ccccc2cn1. The first-order valence-electron chi connectivity index (χ1n) is 8.55. The van der Waals surface area contributed by atoms with Crippen molar-refractivity contribution < 1.29 is 14.7 Å². The number of rotatable bonds is 4. The highest BCUT2D eigenvalue weighted by Gasteiger charge is 2.19. The van der Waals surface area contributed by atoms with Crippen LogP contribution in [-0.2, 0) is 9.59 Å². The van der Waals surface area contributed by atoms with Crippen molar-refractivity contribution in [2.24, 2.45) is 11.1 Å². The van der Waals surface area contributed by atoms with Crippen molar-refractivity contribution in [3.8, 4) is 0 Å². The Labute approximate surface area is 156 Å². The lowest BCUT2D eigenvalue weighted by Gasteiger charge is -2.20. The summed E-state index contributed by atoms with van der Waals surface area (Å²) in [7, 11) is 1.50. The number of benzene rings is 1. The molecule has 6 nitrogen and oxygen atoms in total. The molecule has 1 heterocycles. The van der Waals surface area contributed by atoms with Crippen LogP contribution in [0.3, 0.4) is 0 Å². The Hall–Kier alpha value is -2.47. The van der Waals surface area contributed by atoms with Crippen LogP contribution in [0.1, 0.15) is 47.0 Å². The molecule has 1 aromatic heterocycles. The zero-order chi connectivity index (χ0) is 20.6. The summed E-state index contributed by atoms with van der Waals surface area (Å²) >= 11 is 0. The smallest absolute Gasteiger partial charge is 0.303 e. The quantitative estimate of drug-likeness (QED) is 0.709. The van der Waals surface area contributed by atoms with Gasteiger partial charge in [0.05, 0.1) is 6.42 Å². The van der Waals surface area contributed by atoms with Crippen LogP contribution in [0.25, 0.3) is 10.8 Å². The third-order valence-electron chi connectivity index (χ3n) is 3.21. The maximum atomic E-state index is 10.3. The fraction of sp³-hybridized carbons (Fsp3) is 0.450. The number of aldehydes is 1. The molecule has 0 fully saturated rings. The number of nitrogens with two attached hydrogens (primary N) is 2. The molecule has 5 N–H and O–H groups in total. The van der Waals surface area contributed by atoms with E-state index in [2.05, 4.69) is 17.6 Å². The predicted octanol–water partition coefficient (Wildman–Crippen LogP) is 3.88. The van der Waals surface area contributed by atoms with Crippen LogP contribution >= 0.6 is 0 Å². The minimum atomic E-state index is -0.696. The van der Waals surface area contributed by atoms with Crippen molar-refractivity contribution in [2.75, 3.05) is 12.8 Å². The summed E-state index contributed by atoms with van der Waals surface area (Å²) in [5.41, 5.74) is 9.99. The summed E-state index contributed by atoms with van der Waals surface area (Å²) in [6.07, 6.45) is 4.85. The van der Waals surface area contributed by atoms with Gasteiger partial charge in [-0.1, -0.05) is 51.5 Å². The van der Waals surface area contributed by atoms with Crippen LogP contribution in [0, 0.1) is 5.41 Å². The molecule has 0 atom stereocenters. The number of anilines is 1. The molecule has 2 aromatic rings. The van der Waals surface area contributed by atoms with E-state index in [1.54, 1.807) is 6.20 Å². The van der Waals surface area contributed by atoms with Crippen molar-refractivity contribution in [1.29, 1.82) is 0 Å². The molecule has 146 valence electrons. The average Bonchev–Trinajstić information content (AvgIpc) is 2.56. The van der Waals surface area contributed by atoms with Gasteiger partial charge in [0.2, 0.25) is 0 Å². The van der Waals surface area contributed by atoms with Gasteiger partial charge < -0.3 is 21.4 Å². The minimum Gasteiger partial charge on any atom is -0.481 e. The van der Waals surface area contributed by atoms with Gasteiger partial charge in [-0.3, -0.25) is 4.79 Å². The number of aromatic nitrogens is 1. The first-order chi connectivity index (χ1) is 12.3. The molecule has 0 saturated carbocycles. The summed E-state index contributed by atoms with van der Waals surface area (Å²) in [6, 6.07) is 9.88. The Kier molecular flexibility index (Phi) is 14.7. The van der Waals surface area contributed by atoms with Gasteiger partial charge in [-0.2, -0.15) is 0 Å². The molecule has 0 aliphatic heterocycles. The number of carbonyl (C=O) groups is 2. The molecule has 0 radical (unpaired) electrons. The van der Waals surface area contributed by atoms with Crippen LogP contribution in [-0.4, -0.2) is 29.4 Å². The van der Waals surface area contributed by atoms with Gasteiger partial charge in [0.15, 0.2) is 0 Å². The number of carboxylic acids is 1. The molecular weight excluding hydrogens is 330 g/mol. The monoisotopic (exact) mass is 363 g/mol. The zero-order valence-electron chi connectivity index (χ0n) is 16.5. The average molecular weight is 364 g/mol. The van der Waals surface area contributed by atoms with Gasteiger partial charge in [-0.25, -0.2) is 4.98 Å². The minimum absolute atomic E-state index is 0.0272. The topological polar surface area (TPSA) is 119 Å². The molecule has 0 spiro atoms. The number of carboxylic acid groups (broad SMARTS) is 1. The number of hydrogen-bond acceptors (Lipinski definition) is 5. The van der Waals surface area contributed by atoms with Crippen molar-refractivity contribution in [3.05, 3.63) is 36.5 Å². The highest BCUT2D eigenvalue weighted by molar-refractivity contribution is 5.83. The van der Waals surface area contributed by atoms with E-state index in [4.69, 9.17) is 15.6 Å². The second kappa shape index (κ2) is 14.8. The van der Waals surface area contributed by atoms with E-state index in [-0.39, 0.29) is 11.8 Å². The van der Waals surface area contributed by atoms with Crippen molar-refractivity contribution in [1.82, 2.24) is 4.98 Å². The van der Waals surface area contributed by atoms with E-state index in [0.29, 0.717) is 5.82 Å². The first kappa shape index (κ1) is 25.8. The number of fused-ring (bicyclic) bond motifs is 1.